The predicted molar refractivity (Wildman–Crippen MR) is 68.5 cm³/mol. The maximum Gasteiger partial charge on any atom is 0.244 e. The Morgan fingerprint density at radius 2 is 2.00 bits per heavy atom. The molecule has 6 nitrogen and oxygen atoms in total. The van der Waals surface area contributed by atoms with E-state index >= 15 is 0 Å². The van der Waals surface area contributed by atoms with Crippen molar-refractivity contribution in [3.8, 4) is 0 Å². The maximum absolute atomic E-state index is 12.2. The minimum atomic E-state index is -3.46. The van der Waals surface area contributed by atoms with E-state index in [9.17, 15) is 8.42 Å². The number of nitrogens with one attached hydrogen (secondary N) is 1. The topological polar surface area (TPSA) is 90.0 Å². The van der Waals surface area contributed by atoms with Gasteiger partial charge in [0.25, 0.3) is 0 Å². The molecule has 0 spiro atoms. The summed E-state index contributed by atoms with van der Waals surface area (Å²) in [6, 6.07) is 0.209. The van der Waals surface area contributed by atoms with Crippen LogP contribution in [0.5, 0.6) is 0 Å². The molecule has 0 aromatic carbocycles. The molecule has 18 heavy (non-hydrogen) atoms. The Morgan fingerprint density at radius 1 is 1.39 bits per heavy atom. The second-order valence-corrected chi connectivity index (χ2v) is 6.63. The van der Waals surface area contributed by atoms with E-state index in [4.69, 9.17) is 5.73 Å². The number of nitrogens with two attached hydrogens (primary N) is 1. The third kappa shape index (κ3) is 2.73. The van der Waals surface area contributed by atoms with Crippen LogP contribution in [0.4, 0.5) is 0 Å². The van der Waals surface area contributed by atoms with Crippen LogP contribution >= 0.6 is 0 Å². The fourth-order valence-corrected chi connectivity index (χ4v) is 3.77. The van der Waals surface area contributed by atoms with Crippen LogP contribution in [-0.2, 0) is 17.1 Å². The summed E-state index contributed by atoms with van der Waals surface area (Å²) in [5, 5.41) is 3.97. The fraction of sp³-hybridized carbons (Fsp3) is 0.727. The van der Waals surface area contributed by atoms with Crippen molar-refractivity contribution >= 4 is 10.0 Å². The number of nitrogens with zero attached hydrogens (tertiary/aromatic N) is 2. The molecule has 1 aliphatic carbocycles. The quantitative estimate of drug-likeness (QED) is 0.827. The van der Waals surface area contributed by atoms with E-state index in [1.165, 1.54) is 6.20 Å². The molecule has 0 atom stereocenters. The first-order valence-corrected chi connectivity index (χ1v) is 7.65. The van der Waals surface area contributed by atoms with Gasteiger partial charge in [-0.05, 0) is 32.6 Å². The van der Waals surface area contributed by atoms with Crippen LogP contribution in [0.15, 0.2) is 11.1 Å². The van der Waals surface area contributed by atoms with Gasteiger partial charge in [-0.15, -0.1) is 0 Å². The molecule has 1 aromatic rings. The molecule has 1 fully saturated rings. The number of sulfonamides is 1. The SMILES string of the molecule is Cc1c(S(=O)(=O)NC2CCC(N)CC2)cnn1C. The molecule has 0 bridgehead atoms. The van der Waals surface area contributed by atoms with Gasteiger partial charge in [0.1, 0.15) is 4.90 Å². The molecule has 0 radical (unpaired) electrons. The molecular formula is C11H20N4O2S. The number of rotatable bonds is 3. The summed E-state index contributed by atoms with van der Waals surface area (Å²) in [6.45, 7) is 1.75. The van der Waals surface area contributed by atoms with Gasteiger partial charge >= 0.3 is 0 Å². The minimum absolute atomic E-state index is 0.00518. The molecule has 3 N–H and O–H groups in total. The first-order chi connectivity index (χ1) is 8.40. The van der Waals surface area contributed by atoms with E-state index in [0.717, 1.165) is 25.7 Å². The van der Waals surface area contributed by atoms with E-state index in [1.54, 1.807) is 18.7 Å². The van der Waals surface area contributed by atoms with Crippen molar-refractivity contribution in [1.29, 1.82) is 0 Å². The largest absolute Gasteiger partial charge is 0.328 e. The molecule has 1 saturated carbocycles. The maximum atomic E-state index is 12.2. The Labute approximate surface area is 108 Å². The molecule has 7 heteroatoms. The summed E-state index contributed by atoms with van der Waals surface area (Å²) in [4.78, 5) is 0.264. The first-order valence-electron chi connectivity index (χ1n) is 6.16. The van der Waals surface area contributed by atoms with E-state index in [1.807, 2.05) is 0 Å². The van der Waals surface area contributed by atoms with Gasteiger partial charge in [0.2, 0.25) is 10.0 Å². The summed E-state index contributed by atoms with van der Waals surface area (Å²) >= 11 is 0. The zero-order valence-corrected chi connectivity index (χ0v) is 11.6. The molecular weight excluding hydrogens is 252 g/mol. The van der Waals surface area contributed by atoms with Gasteiger partial charge in [-0.25, -0.2) is 13.1 Å². The Kier molecular flexibility index (Phi) is 3.74. The van der Waals surface area contributed by atoms with Crippen LogP contribution in [0.3, 0.4) is 0 Å². The first kappa shape index (κ1) is 13.5. The highest BCUT2D eigenvalue weighted by Crippen LogP contribution is 2.20. The van der Waals surface area contributed by atoms with Crippen LogP contribution in [0, 0.1) is 6.92 Å². The lowest BCUT2D eigenvalue weighted by Crippen LogP contribution is -2.40. The van der Waals surface area contributed by atoms with E-state index in [-0.39, 0.29) is 17.0 Å². The van der Waals surface area contributed by atoms with Crippen molar-refractivity contribution in [3.05, 3.63) is 11.9 Å². The Hall–Kier alpha value is -0.920. The molecule has 0 unspecified atom stereocenters. The van der Waals surface area contributed by atoms with Gasteiger partial charge in [-0.2, -0.15) is 5.10 Å². The number of hydrogen-bond donors (Lipinski definition) is 2. The van der Waals surface area contributed by atoms with E-state index in [0.29, 0.717) is 5.69 Å². The standard InChI is InChI=1S/C11H20N4O2S/c1-8-11(7-13-15(8)2)18(16,17)14-10-5-3-9(12)4-6-10/h7,9-10,14H,3-6,12H2,1-2H3. The van der Waals surface area contributed by atoms with E-state index in [2.05, 4.69) is 9.82 Å². The van der Waals surface area contributed by atoms with Gasteiger partial charge < -0.3 is 5.73 Å². The normalized spacial score (nSPS) is 25.3. The average Bonchev–Trinajstić information content (AvgIpc) is 2.63. The van der Waals surface area contributed by atoms with Crippen LogP contribution in [0.1, 0.15) is 31.4 Å². The summed E-state index contributed by atoms with van der Waals surface area (Å²) in [6.07, 6.45) is 4.75. The molecule has 102 valence electrons. The van der Waals surface area contributed by atoms with Crippen LogP contribution in [0.25, 0.3) is 0 Å². The smallest absolute Gasteiger partial charge is 0.244 e. The van der Waals surface area contributed by atoms with Crippen LogP contribution < -0.4 is 10.5 Å². The van der Waals surface area contributed by atoms with Gasteiger partial charge in [0.15, 0.2) is 0 Å². The van der Waals surface area contributed by atoms with Crippen molar-refractivity contribution in [1.82, 2.24) is 14.5 Å². The summed E-state index contributed by atoms with van der Waals surface area (Å²) in [5.41, 5.74) is 6.46. The molecule has 1 heterocycles. The third-order valence-corrected chi connectivity index (χ3v) is 5.20. The van der Waals surface area contributed by atoms with Crippen molar-refractivity contribution in [2.24, 2.45) is 12.8 Å². The summed E-state index contributed by atoms with van der Waals surface area (Å²) < 4.78 is 28.8. The average molecular weight is 272 g/mol. The second-order valence-electron chi connectivity index (χ2n) is 4.95. The molecule has 1 aromatic heterocycles. The minimum Gasteiger partial charge on any atom is -0.328 e. The Bertz CT molecular complexity index is 515. The van der Waals surface area contributed by atoms with Crippen LogP contribution in [0.2, 0.25) is 0 Å². The Balaban J connectivity index is 2.10. The van der Waals surface area contributed by atoms with Gasteiger partial charge in [-0.1, -0.05) is 0 Å². The van der Waals surface area contributed by atoms with Crippen molar-refractivity contribution in [3.63, 3.8) is 0 Å². The zero-order valence-electron chi connectivity index (χ0n) is 10.8. The predicted octanol–water partition coefficient (Wildman–Crippen LogP) is 0.277. The van der Waals surface area contributed by atoms with Gasteiger partial charge in [-0.3, -0.25) is 4.68 Å². The number of hydrogen-bond acceptors (Lipinski definition) is 4. The second kappa shape index (κ2) is 4.99. The third-order valence-electron chi connectivity index (χ3n) is 3.57. The lowest BCUT2D eigenvalue weighted by molar-refractivity contribution is 0.373. The van der Waals surface area contributed by atoms with Gasteiger partial charge in [0, 0.05) is 19.1 Å². The summed E-state index contributed by atoms with van der Waals surface area (Å²) in [5.74, 6) is 0. The van der Waals surface area contributed by atoms with Gasteiger partial charge in [0.05, 0.1) is 11.9 Å². The lowest BCUT2D eigenvalue weighted by Gasteiger charge is -2.26. The van der Waals surface area contributed by atoms with Crippen LogP contribution in [-0.4, -0.2) is 30.3 Å². The highest BCUT2D eigenvalue weighted by atomic mass is 32.2. The molecule has 1 aliphatic rings. The number of aromatic nitrogens is 2. The monoisotopic (exact) mass is 272 g/mol. The van der Waals surface area contributed by atoms with Crippen molar-refractivity contribution < 1.29 is 8.42 Å². The molecule has 0 aliphatic heterocycles. The highest BCUT2D eigenvalue weighted by Gasteiger charge is 2.26. The molecule has 2 rings (SSSR count). The van der Waals surface area contributed by atoms with E-state index < -0.39 is 10.0 Å². The fourth-order valence-electron chi connectivity index (χ4n) is 2.26. The van der Waals surface area contributed by atoms with Crippen molar-refractivity contribution in [2.75, 3.05) is 0 Å². The zero-order chi connectivity index (χ0) is 13.3. The Morgan fingerprint density at radius 3 is 2.50 bits per heavy atom. The number of aryl methyl sites for hydroxylation is 1. The highest BCUT2D eigenvalue weighted by molar-refractivity contribution is 7.89. The lowest BCUT2D eigenvalue weighted by atomic mass is 9.93. The van der Waals surface area contributed by atoms with Crippen molar-refractivity contribution in [2.45, 2.75) is 49.6 Å². The molecule has 0 amide bonds. The summed E-state index contributed by atoms with van der Waals surface area (Å²) in [7, 11) is -1.73. The molecule has 0 saturated heterocycles.